The van der Waals surface area contributed by atoms with Crippen molar-refractivity contribution in [3.63, 3.8) is 0 Å². The second kappa shape index (κ2) is 8.43. The summed E-state index contributed by atoms with van der Waals surface area (Å²) in [5, 5.41) is 0.569. The van der Waals surface area contributed by atoms with Gasteiger partial charge < -0.3 is 14.5 Å². The molecule has 3 aromatic rings. The number of halogens is 1. The minimum absolute atomic E-state index is 0.0873. The first kappa shape index (κ1) is 21.9. The monoisotopic (exact) mass is 478 g/mol. The maximum absolute atomic E-state index is 14.1. The van der Waals surface area contributed by atoms with Crippen LogP contribution in [0, 0.1) is 6.92 Å². The van der Waals surface area contributed by atoms with Gasteiger partial charge in [0.2, 0.25) is 0 Å². The van der Waals surface area contributed by atoms with Gasteiger partial charge in [0.05, 0.1) is 19.3 Å². The molecular formula is C26H23ClN2O3S. The van der Waals surface area contributed by atoms with Gasteiger partial charge in [0.15, 0.2) is 4.87 Å². The molecule has 0 unspecified atom stereocenters. The molecule has 0 bridgehead atoms. The lowest BCUT2D eigenvalue weighted by Crippen LogP contribution is -2.50. The molecule has 7 heteroatoms. The predicted octanol–water partition coefficient (Wildman–Crippen LogP) is 5.25. The van der Waals surface area contributed by atoms with Crippen LogP contribution in [-0.2, 0) is 16.2 Å². The summed E-state index contributed by atoms with van der Waals surface area (Å²) < 4.78 is 5.36. The van der Waals surface area contributed by atoms with Crippen LogP contribution in [0.15, 0.2) is 66.7 Å². The van der Waals surface area contributed by atoms with E-state index in [4.69, 9.17) is 16.3 Å². The fraction of sp³-hybridized carbons (Fsp3) is 0.231. The first-order valence-corrected chi connectivity index (χ1v) is 12.1. The van der Waals surface area contributed by atoms with Crippen molar-refractivity contribution in [2.45, 2.75) is 18.3 Å². The van der Waals surface area contributed by atoms with E-state index in [2.05, 4.69) is 0 Å². The minimum Gasteiger partial charge on any atom is -0.497 e. The Hall–Kier alpha value is -2.96. The smallest absolute Gasteiger partial charge is 0.268 e. The van der Waals surface area contributed by atoms with Crippen molar-refractivity contribution in [1.82, 2.24) is 4.90 Å². The van der Waals surface area contributed by atoms with Gasteiger partial charge in [-0.15, -0.1) is 11.8 Å². The van der Waals surface area contributed by atoms with Crippen LogP contribution in [0.3, 0.4) is 0 Å². The number of fused-ring (bicyclic) bond motifs is 2. The highest BCUT2D eigenvalue weighted by atomic mass is 35.5. The van der Waals surface area contributed by atoms with Crippen LogP contribution < -0.4 is 9.64 Å². The fourth-order valence-corrected chi connectivity index (χ4v) is 6.17. The first-order valence-electron chi connectivity index (χ1n) is 10.7. The molecule has 0 aliphatic carbocycles. The summed E-state index contributed by atoms with van der Waals surface area (Å²) in [4.78, 5) is 30.2. The molecule has 2 amide bonds. The molecule has 5 rings (SSSR count). The number of benzene rings is 3. The number of thioether (sulfide) groups is 1. The predicted molar refractivity (Wildman–Crippen MR) is 132 cm³/mol. The first-order chi connectivity index (χ1) is 15.9. The highest BCUT2D eigenvalue weighted by Gasteiger charge is 2.59. The van der Waals surface area contributed by atoms with Gasteiger partial charge in [0.1, 0.15) is 5.75 Å². The van der Waals surface area contributed by atoms with Crippen LogP contribution in [0.1, 0.15) is 27.0 Å². The Bertz CT molecular complexity index is 1250. The number of aryl methyl sites for hydroxylation is 1. The maximum atomic E-state index is 14.1. The van der Waals surface area contributed by atoms with Gasteiger partial charge in [0.25, 0.3) is 11.8 Å². The van der Waals surface area contributed by atoms with E-state index in [0.717, 1.165) is 28.1 Å². The van der Waals surface area contributed by atoms with E-state index in [1.165, 1.54) is 11.8 Å². The third-order valence-electron chi connectivity index (χ3n) is 6.16. The van der Waals surface area contributed by atoms with Crippen molar-refractivity contribution < 1.29 is 14.3 Å². The van der Waals surface area contributed by atoms with Gasteiger partial charge in [-0.2, -0.15) is 0 Å². The van der Waals surface area contributed by atoms with E-state index < -0.39 is 4.87 Å². The van der Waals surface area contributed by atoms with Crippen molar-refractivity contribution in [3.8, 4) is 5.75 Å². The molecule has 0 N–H and O–H groups in total. The standard InChI is InChI=1S/C26H23ClN2O3S/c1-17-6-11-23-22(14-17)26(25(31)28(23)16-18-4-3-5-21(15-18)32-2)29(12-13-33-26)24(30)19-7-9-20(27)10-8-19/h3-11,14-15H,12-13,16H2,1-2H3/t26-/m1/s1. The number of methoxy groups -OCH3 is 1. The van der Waals surface area contributed by atoms with Crippen LogP contribution in [0.2, 0.25) is 5.02 Å². The third kappa shape index (κ3) is 3.58. The summed E-state index contributed by atoms with van der Waals surface area (Å²) in [5.41, 5.74) is 4.26. The molecule has 1 saturated heterocycles. The average Bonchev–Trinajstić information content (AvgIpc) is 3.36. The maximum Gasteiger partial charge on any atom is 0.268 e. The van der Waals surface area contributed by atoms with Gasteiger partial charge >= 0.3 is 0 Å². The van der Waals surface area contributed by atoms with E-state index in [1.807, 2.05) is 49.4 Å². The van der Waals surface area contributed by atoms with E-state index in [0.29, 0.717) is 29.4 Å². The number of hydrogen-bond acceptors (Lipinski definition) is 4. The van der Waals surface area contributed by atoms with Crippen LogP contribution in [0.4, 0.5) is 5.69 Å². The van der Waals surface area contributed by atoms with Gasteiger partial charge in [0, 0.05) is 28.4 Å². The van der Waals surface area contributed by atoms with Gasteiger partial charge in [-0.05, 0) is 55.0 Å². The van der Waals surface area contributed by atoms with E-state index in [-0.39, 0.29) is 11.8 Å². The average molecular weight is 479 g/mol. The zero-order valence-corrected chi connectivity index (χ0v) is 19.9. The lowest BCUT2D eigenvalue weighted by Gasteiger charge is -2.33. The molecule has 0 saturated carbocycles. The molecule has 1 spiro atoms. The number of anilines is 1. The Balaban J connectivity index is 1.58. The molecule has 5 nitrogen and oxygen atoms in total. The van der Waals surface area contributed by atoms with E-state index in [1.54, 1.807) is 41.2 Å². The number of nitrogens with zero attached hydrogens (tertiary/aromatic N) is 2. The number of rotatable bonds is 4. The summed E-state index contributed by atoms with van der Waals surface area (Å²) in [6.45, 7) is 2.91. The zero-order chi connectivity index (χ0) is 23.2. The summed E-state index contributed by atoms with van der Waals surface area (Å²) in [6.07, 6.45) is 0. The molecule has 2 aliphatic heterocycles. The van der Waals surface area contributed by atoms with Crippen molar-refractivity contribution in [2.24, 2.45) is 0 Å². The van der Waals surface area contributed by atoms with Crippen molar-refractivity contribution in [1.29, 1.82) is 0 Å². The summed E-state index contributed by atoms with van der Waals surface area (Å²) in [5.74, 6) is 1.18. The third-order valence-corrected chi connectivity index (χ3v) is 7.83. The highest BCUT2D eigenvalue weighted by molar-refractivity contribution is 8.01. The molecule has 33 heavy (non-hydrogen) atoms. The zero-order valence-electron chi connectivity index (χ0n) is 18.4. The summed E-state index contributed by atoms with van der Waals surface area (Å²) in [6, 6.07) is 20.6. The topological polar surface area (TPSA) is 49.9 Å². The quantitative estimate of drug-likeness (QED) is 0.514. The van der Waals surface area contributed by atoms with Gasteiger partial charge in [-0.1, -0.05) is 41.4 Å². The van der Waals surface area contributed by atoms with E-state index in [9.17, 15) is 9.59 Å². The van der Waals surface area contributed by atoms with Crippen LogP contribution in [0.25, 0.3) is 0 Å². The van der Waals surface area contributed by atoms with Crippen molar-refractivity contribution in [3.05, 3.63) is 94.0 Å². The van der Waals surface area contributed by atoms with Crippen molar-refractivity contribution in [2.75, 3.05) is 24.3 Å². The number of ether oxygens (including phenoxy) is 1. The molecule has 1 fully saturated rings. The lowest BCUT2D eigenvalue weighted by atomic mass is 10.0. The molecular weight excluding hydrogens is 456 g/mol. The molecule has 168 valence electrons. The summed E-state index contributed by atoms with van der Waals surface area (Å²) in [7, 11) is 1.63. The Morgan fingerprint density at radius 3 is 2.67 bits per heavy atom. The molecule has 2 aliphatic rings. The number of amides is 2. The Labute approximate surface area is 202 Å². The Kier molecular flexibility index (Phi) is 5.59. The Morgan fingerprint density at radius 2 is 1.91 bits per heavy atom. The normalized spacial score (nSPS) is 19.3. The number of carbonyl (C=O) groups excluding carboxylic acids is 2. The molecule has 1 atom stereocenters. The van der Waals surface area contributed by atoms with E-state index >= 15 is 0 Å². The van der Waals surface area contributed by atoms with Crippen LogP contribution in [-0.4, -0.2) is 36.1 Å². The molecule has 0 aromatic heterocycles. The number of hydrogen-bond donors (Lipinski definition) is 0. The second-order valence-electron chi connectivity index (χ2n) is 8.22. The molecule has 3 aromatic carbocycles. The second-order valence-corrected chi connectivity index (χ2v) is 9.94. The largest absolute Gasteiger partial charge is 0.497 e. The summed E-state index contributed by atoms with van der Waals surface area (Å²) >= 11 is 7.55. The Morgan fingerprint density at radius 1 is 1.12 bits per heavy atom. The highest BCUT2D eigenvalue weighted by Crippen LogP contribution is 2.55. The van der Waals surface area contributed by atoms with Gasteiger partial charge in [-0.3, -0.25) is 9.59 Å². The van der Waals surface area contributed by atoms with Gasteiger partial charge in [-0.25, -0.2) is 0 Å². The van der Waals surface area contributed by atoms with Crippen molar-refractivity contribution >= 4 is 40.9 Å². The minimum atomic E-state index is -1.07. The molecule has 2 heterocycles. The molecule has 0 radical (unpaired) electrons. The van der Waals surface area contributed by atoms with Crippen LogP contribution in [0.5, 0.6) is 5.75 Å². The van der Waals surface area contributed by atoms with Crippen LogP contribution >= 0.6 is 23.4 Å². The number of carbonyl (C=O) groups is 2. The SMILES string of the molecule is COc1cccc(CN2C(=O)[C@]3(SCCN3C(=O)c3ccc(Cl)cc3)c3cc(C)ccc32)c1. The lowest BCUT2D eigenvalue weighted by molar-refractivity contribution is -0.123. The fourth-order valence-electron chi connectivity index (χ4n) is 4.59.